The van der Waals surface area contributed by atoms with Crippen LogP contribution < -0.4 is 29.1 Å². The molecule has 1 aromatic heterocycles. The predicted molar refractivity (Wildman–Crippen MR) is 143 cm³/mol. The van der Waals surface area contributed by atoms with Gasteiger partial charge in [-0.3, -0.25) is 9.36 Å². The molecule has 10 heteroatoms. The molecule has 0 spiro atoms. The molecule has 1 aliphatic heterocycles. The van der Waals surface area contributed by atoms with E-state index < -0.39 is 12.0 Å². The molecule has 1 atom stereocenters. The lowest BCUT2D eigenvalue weighted by molar-refractivity contribution is -0.143. The summed E-state index contributed by atoms with van der Waals surface area (Å²) in [5, 5.41) is 0.428. The molecular weight excluding hydrogens is 516 g/mol. The molecule has 37 heavy (non-hydrogen) atoms. The number of aromatic nitrogens is 1. The molecule has 0 N–H and O–H groups in total. The molecule has 0 fully saturated rings. The van der Waals surface area contributed by atoms with Crippen molar-refractivity contribution < 1.29 is 23.7 Å². The third-order valence-electron chi connectivity index (χ3n) is 5.79. The summed E-state index contributed by atoms with van der Waals surface area (Å²) in [6.07, 6.45) is 1.38. The molecule has 0 radical (unpaired) electrons. The van der Waals surface area contributed by atoms with E-state index in [-0.39, 0.29) is 17.2 Å². The smallest absolute Gasteiger partial charge is 0.338 e. The fraction of sp³-hybridized carbons (Fsp3) is 0.296. The SMILES string of the molecule is COc1ccc(OC)c([C@@H]2C(C(=O)OC(C)C)=C(C)N=c3s/c(=C\c4ccc(OC)c(Cl)c4)c(=O)n32)c1. The Kier molecular flexibility index (Phi) is 7.75. The zero-order valence-corrected chi connectivity index (χ0v) is 22.9. The Morgan fingerprint density at radius 2 is 1.78 bits per heavy atom. The van der Waals surface area contributed by atoms with Crippen molar-refractivity contribution in [3.05, 3.63) is 83.5 Å². The van der Waals surface area contributed by atoms with Crippen LogP contribution in [0.2, 0.25) is 5.02 Å². The highest BCUT2D eigenvalue weighted by Crippen LogP contribution is 2.38. The second-order valence-electron chi connectivity index (χ2n) is 8.54. The number of allylic oxidation sites excluding steroid dienone is 1. The van der Waals surface area contributed by atoms with Crippen molar-refractivity contribution in [2.45, 2.75) is 32.9 Å². The molecule has 0 amide bonds. The fourth-order valence-corrected chi connectivity index (χ4v) is 5.44. The first-order valence-electron chi connectivity index (χ1n) is 11.5. The second kappa shape index (κ2) is 10.8. The van der Waals surface area contributed by atoms with Gasteiger partial charge < -0.3 is 18.9 Å². The number of hydrogen-bond donors (Lipinski definition) is 0. The van der Waals surface area contributed by atoms with Gasteiger partial charge >= 0.3 is 5.97 Å². The van der Waals surface area contributed by atoms with Gasteiger partial charge in [0.05, 0.1) is 48.3 Å². The summed E-state index contributed by atoms with van der Waals surface area (Å²) < 4.78 is 23.8. The fourth-order valence-electron chi connectivity index (χ4n) is 4.13. The van der Waals surface area contributed by atoms with E-state index >= 15 is 0 Å². The lowest BCUT2D eigenvalue weighted by atomic mass is 9.94. The van der Waals surface area contributed by atoms with Crippen LogP contribution in [0, 0.1) is 0 Å². The number of benzene rings is 2. The van der Waals surface area contributed by atoms with Crippen molar-refractivity contribution in [2.24, 2.45) is 4.99 Å². The molecule has 0 saturated heterocycles. The molecule has 3 aromatic rings. The first-order valence-corrected chi connectivity index (χ1v) is 12.7. The minimum absolute atomic E-state index is 0.256. The third kappa shape index (κ3) is 5.14. The van der Waals surface area contributed by atoms with E-state index in [0.717, 1.165) is 5.56 Å². The topological polar surface area (TPSA) is 88.4 Å². The zero-order valence-electron chi connectivity index (χ0n) is 21.3. The number of methoxy groups -OCH3 is 3. The van der Waals surface area contributed by atoms with Gasteiger partial charge in [0.1, 0.15) is 23.3 Å². The number of fused-ring (bicyclic) bond motifs is 1. The van der Waals surface area contributed by atoms with Crippen molar-refractivity contribution in [3.8, 4) is 17.2 Å². The maximum Gasteiger partial charge on any atom is 0.338 e. The molecule has 4 rings (SSSR count). The average Bonchev–Trinajstić information content (AvgIpc) is 3.16. The van der Waals surface area contributed by atoms with Gasteiger partial charge in [-0.05, 0) is 62.7 Å². The van der Waals surface area contributed by atoms with Crippen LogP contribution in [0.1, 0.15) is 37.9 Å². The van der Waals surface area contributed by atoms with Crippen molar-refractivity contribution >= 4 is 35.0 Å². The summed E-state index contributed by atoms with van der Waals surface area (Å²) in [7, 11) is 4.62. The van der Waals surface area contributed by atoms with Crippen LogP contribution >= 0.6 is 22.9 Å². The highest BCUT2D eigenvalue weighted by atomic mass is 35.5. The normalized spacial score (nSPS) is 15.4. The van der Waals surface area contributed by atoms with E-state index in [9.17, 15) is 9.59 Å². The number of nitrogens with zero attached hydrogens (tertiary/aromatic N) is 2. The van der Waals surface area contributed by atoms with E-state index in [4.69, 9.17) is 30.5 Å². The molecule has 2 aromatic carbocycles. The van der Waals surface area contributed by atoms with Crippen LogP contribution in [-0.4, -0.2) is 38.0 Å². The maximum absolute atomic E-state index is 13.8. The van der Waals surface area contributed by atoms with Crippen LogP contribution in [0.4, 0.5) is 0 Å². The lowest BCUT2D eigenvalue weighted by Crippen LogP contribution is -2.40. The second-order valence-corrected chi connectivity index (χ2v) is 9.95. The van der Waals surface area contributed by atoms with Crippen molar-refractivity contribution in [2.75, 3.05) is 21.3 Å². The quantitative estimate of drug-likeness (QED) is 0.421. The number of rotatable bonds is 7. The Morgan fingerprint density at radius 1 is 1.08 bits per heavy atom. The number of thiazole rings is 1. The predicted octanol–water partition coefficient (Wildman–Crippen LogP) is 3.87. The van der Waals surface area contributed by atoms with Gasteiger partial charge in [-0.25, -0.2) is 9.79 Å². The summed E-state index contributed by atoms with van der Waals surface area (Å²) in [6.45, 7) is 5.27. The first-order chi connectivity index (χ1) is 17.7. The Balaban J connectivity index is 1.99. The standard InChI is InChI=1S/C27H27ClN2O6S/c1-14(2)36-26(32)23-15(3)29-27-30(24(23)18-13-17(33-4)8-10-20(18)34-5)25(31)22(37-27)12-16-7-9-21(35-6)19(28)11-16/h7-14,24H,1-6H3/b22-12-/t24-/m1/s1. The highest BCUT2D eigenvalue weighted by Gasteiger charge is 2.35. The molecule has 194 valence electrons. The molecule has 0 bridgehead atoms. The van der Waals surface area contributed by atoms with E-state index in [0.29, 0.717) is 42.9 Å². The number of hydrogen-bond acceptors (Lipinski definition) is 8. The van der Waals surface area contributed by atoms with Gasteiger partial charge in [0.15, 0.2) is 4.80 Å². The molecule has 0 saturated carbocycles. The van der Waals surface area contributed by atoms with Crippen molar-refractivity contribution in [1.29, 1.82) is 0 Å². The van der Waals surface area contributed by atoms with Crippen LogP contribution in [0.5, 0.6) is 17.2 Å². The van der Waals surface area contributed by atoms with Crippen LogP contribution in [0.15, 0.2) is 57.5 Å². The van der Waals surface area contributed by atoms with Gasteiger partial charge in [-0.2, -0.15) is 0 Å². The zero-order chi connectivity index (χ0) is 26.9. The summed E-state index contributed by atoms with van der Waals surface area (Å²) in [5.41, 5.74) is 1.70. The van der Waals surface area contributed by atoms with E-state index in [1.54, 1.807) is 64.3 Å². The number of halogens is 1. The number of esters is 1. The summed E-state index contributed by atoms with van der Waals surface area (Å²) in [4.78, 5) is 32.2. The molecule has 0 aliphatic carbocycles. The first kappa shape index (κ1) is 26.5. The minimum atomic E-state index is -0.839. The molecule has 0 unspecified atom stereocenters. The largest absolute Gasteiger partial charge is 0.497 e. The summed E-state index contributed by atoms with van der Waals surface area (Å²) in [6, 6.07) is 9.67. The Morgan fingerprint density at radius 3 is 2.41 bits per heavy atom. The summed E-state index contributed by atoms with van der Waals surface area (Å²) in [5.74, 6) is 1.03. The van der Waals surface area contributed by atoms with Gasteiger partial charge in [-0.1, -0.05) is 29.0 Å². The Bertz CT molecular complexity index is 1570. The van der Waals surface area contributed by atoms with Gasteiger partial charge in [0.2, 0.25) is 0 Å². The van der Waals surface area contributed by atoms with E-state index in [1.807, 2.05) is 6.07 Å². The molecule has 1 aliphatic rings. The summed E-state index contributed by atoms with van der Waals surface area (Å²) >= 11 is 7.51. The lowest BCUT2D eigenvalue weighted by Gasteiger charge is -2.26. The van der Waals surface area contributed by atoms with E-state index in [2.05, 4.69) is 4.99 Å². The average molecular weight is 543 g/mol. The number of carbonyl (C=O) groups excluding carboxylic acids is 1. The monoisotopic (exact) mass is 542 g/mol. The minimum Gasteiger partial charge on any atom is -0.497 e. The van der Waals surface area contributed by atoms with Crippen LogP contribution in [-0.2, 0) is 9.53 Å². The van der Waals surface area contributed by atoms with Crippen LogP contribution in [0.3, 0.4) is 0 Å². The highest BCUT2D eigenvalue weighted by molar-refractivity contribution is 7.07. The van der Waals surface area contributed by atoms with Crippen molar-refractivity contribution in [3.63, 3.8) is 0 Å². The van der Waals surface area contributed by atoms with Gasteiger partial charge in [-0.15, -0.1) is 0 Å². The van der Waals surface area contributed by atoms with Gasteiger partial charge in [0, 0.05) is 5.56 Å². The van der Waals surface area contributed by atoms with Gasteiger partial charge in [0.25, 0.3) is 5.56 Å². The van der Waals surface area contributed by atoms with Crippen LogP contribution in [0.25, 0.3) is 6.08 Å². The molecular formula is C27H27ClN2O6S. The molecule has 2 heterocycles. The maximum atomic E-state index is 13.8. The number of carbonyl (C=O) groups is 1. The third-order valence-corrected chi connectivity index (χ3v) is 7.07. The Hall–Kier alpha value is -3.56. The molecule has 8 nitrogen and oxygen atoms in total. The van der Waals surface area contributed by atoms with Crippen molar-refractivity contribution in [1.82, 2.24) is 4.57 Å². The Labute approximate surface area is 223 Å². The van der Waals surface area contributed by atoms with E-state index in [1.165, 1.54) is 30.1 Å². The number of ether oxygens (including phenoxy) is 4.